The van der Waals surface area contributed by atoms with Crippen LogP contribution < -0.4 is 0 Å². The van der Waals surface area contributed by atoms with Gasteiger partial charge in [-0.3, -0.25) is 4.57 Å². The van der Waals surface area contributed by atoms with Crippen molar-refractivity contribution in [2.45, 2.75) is 82.3 Å². The van der Waals surface area contributed by atoms with Gasteiger partial charge < -0.3 is 14.2 Å². The summed E-state index contributed by atoms with van der Waals surface area (Å²) in [4.78, 5) is 0. The lowest BCUT2D eigenvalue weighted by molar-refractivity contribution is 0.0544. The number of halogens is 1. The molecule has 1 N–H and O–H groups in total. The molecule has 2 aliphatic carbocycles. The zero-order valence-electron chi connectivity index (χ0n) is 14.6. The fourth-order valence-corrected chi connectivity index (χ4v) is 5.78. The van der Waals surface area contributed by atoms with Gasteiger partial charge in [-0.25, -0.2) is 4.39 Å². The quantitative estimate of drug-likeness (QED) is 0.652. The lowest BCUT2D eigenvalue weighted by Crippen LogP contribution is -2.22. The molecule has 1 aromatic rings. The highest BCUT2D eigenvalue weighted by Gasteiger charge is 2.41. The number of aliphatic hydroxyl groups excluding tert-OH is 1. The molecular formula is C19H28FO4P. The maximum atomic E-state index is 13.5. The summed E-state index contributed by atoms with van der Waals surface area (Å²) in [7, 11) is -3.75. The molecule has 140 valence electrons. The van der Waals surface area contributed by atoms with Crippen LogP contribution in [-0.2, 0) is 13.6 Å². The third-order valence-corrected chi connectivity index (χ3v) is 7.25. The van der Waals surface area contributed by atoms with Gasteiger partial charge in [-0.2, -0.15) is 0 Å². The van der Waals surface area contributed by atoms with Crippen molar-refractivity contribution >= 4 is 7.60 Å². The van der Waals surface area contributed by atoms with E-state index in [-0.39, 0.29) is 12.2 Å². The van der Waals surface area contributed by atoms with E-state index in [1.54, 1.807) is 0 Å². The molecule has 0 saturated heterocycles. The average Bonchev–Trinajstić information content (AvgIpc) is 2.63. The van der Waals surface area contributed by atoms with Gasteiger partial charge in [-0.05, 0) is 43.4 Å². The van der Waals surface area contributed by atoms with Crippen LogP contribution in [0.25, 0.3) is 0 Å². The van der Waals surface area contributed by atoms with Crippen LogP contribution in [0.1, 0.15) is 75.6 Å². The van der Waals surface area contributed by atoms with Crippen molar-refractivity contribution in [1.82, 2.24) is 0 Å². The van der Waals surface area contributed by atoms with Crippen molar-refractivity contribution in [2.75, 3.05) is 0 Å². The summed E-state index contributed by atoms with van der Waals surface area (Å²) in [5, 5.41) is 10.8. The van der Waals surface area contributed by atoms with E-state index in [0.717, 1.165) is 64.2 Å². The summed E-state index contributed by atoms with van der Waals surface area (Å²) >= 11 is 0. The van der Waals surface area contributed by atoms with E-state index in [4.69, 9.17) is 9.05 Å². The number of aliphatic hydroxyl groups is 1. The van der Waals surface area contributed by atoms with Gasteiger partial charge >= 0.3 is 7.60 Å². The van der Waals surface area contributed by atoms with Crippen LogP contribution in [0.15, 0.2) is 24.3 Å². The molecule has 2 aliphatic rings. The largest absolute Gasteiger partial charge is 0.376 e. The van der Waals surface area contributed by atoms with E-state index >= 15 is 0 Å². The van der Waals surface area contributed by atoms with Crippen LogP contribution in [0.4, 0.5) is 4.39 Å². The zero-order valence-corrected chi connectivity index (χ0v) is 15.5. The van der Waals surface area contributed by atoms with Crippen molar-refractivity contribution in [3.8, 4) is 0 Å². The van der Waals surface area contributed by atoms with Gasteiger partial charge in [0.15, 0.2) is 5.85 Å². The SMILES string of the molecule is O=P(OC1CCCCC1)(OC1CCCCC1)[C@@H](O)c1ccc(F)cc1. The zero-order chi connectivity index (χ0) is 17.7. The molecule has 1 atom stereocenters. The maximum absolute atomic E-state index is 13.5. The number of hydrogen-bond donors (Lipinski definition) is 1. The minimum absolute atomic E-state index is 0.140. The predicted octanol–water partition coefficient (Wildman–Crippen LogP) is 5.71. The molecule has 0 amide bonds. The minimum atomic E-state index is -3.75. The van der Waals surface area contributed by atoms with Gasteiger partial charge in [-0.1, -0.05) is 50.7 Å². The van der Waals surface area contributed by atoms with E-state index in [1.807, 2.05) is 0 Å². The van der Waals surface area contributed by atoms with Crippen molar-refractivity contribution in [2.24, 2.45) is 0 Å². The highest BCUT2D eigenvalue weighted by Crippen LogP contribution is 2.62. The Morgan fingerprint density at radius 2 is 1.32 bits per heavy atom. The third-order valence-electron chi connectivity index (χ3n) is 5.16. The molecule has 0 unspecified atom stereocenters. The number of benzene rings is 1. The predicted molar refractivity (Wildman–Crippen MR) is 94.9 cm³/mol. The second-order valence-corrected chi connectivity index (χ2v) is 9.19. The highest BCUT2D eigenvalue weighted by atomic mass is 31.2. The van der Waals surface area contributed by atoms with Crippen LogP contribution >= 0.6 is 7.60 Å². The molecule has 0 spiro atoms. The Kier molecular flexibility index (Phi) is 6.67. The summed E-state index contributed by atoms with van der Waals surface area (Å²) < 4.78 is 38.6. The second kappa shape index (κ2) is 8.77. The van der Waals surface area contributed by atoms with Crippen LogP contribution in [-0.4, -0.2) is 17.3 Å². The Hall–Kier alpha value is -0.740. The number of hydrogen-bond acceptors (Lipinski definition) is 4. The van der Waals surface area contributed by atoms with Crippen LogP contribution in [0.5, 0.6) is 0 Å². The van der Waals surface area contributed by atoms with E-state index in [9.17, 15) is 14.1 Å². The van der Waals surface area contributed by atoms with Gasteiger partial charge in [0, 0.05) is 0 Å². The van der Waals surface area contributed by atoms with Gasteiger partial charge in [0.1, 0.15) is 5.82 Å². The monoisotopic (exact) mass is 370 g/mol. The molecule has 2 fully saturated rings. The minimum Gasteiger partial charge on any atom is -0.376 e. The molecule has 25 heavy (non-hydrogen) atoms. The first-order valence-electron chi connectivity index (χ1n) is 9.47. The van der Waals surface area contributed by atoms with E-state index in [1.165, 1.54) is 24.3 Å². The second-order valence-electron chi connectivity index (χ2n) is 7.20. The Labute approximate surface area is 149 Å². The standard InChI is InChI=1S/C19H28FO4P/c20-16-13-11-15(12-14-16)19(21)25(22,23-17-7-3-1-4-8-17)24-18-9-5-2-6-10-18/h11-14,17-19,21H,1-10H2/t19-/m1/s1. The fraction of sp³-hybridized carbons (Fsp3) is 0.684. The van der Waals surface area contributed by atoms with Crippen molar-refractivity contribution in [3.05, 3.63) is 35.6 Å². The molecule has 0 radical (unpaired) electrons. The Morgan fingerprint density at radius 1 is 0.880 bits per heavy atom. The topological polar surface area (TPSA) is 55.8 Å². The van der Waals surface area contributed by atoms with Crippen molar-refractivity contribution in [1.29, 1.82) is 0 Å². The van der Waals surface area contributed by atoms with Gasteiger partial charge in [-0.15, -0.1) is 0 Å². The summed E-state index contributed by atoms with van der Waals surface area (Å²) in [5.74, 6) is -1.77. The maximum Gasteiger partial charge on any atom is 0.363 e. The molecule has 1 aromatic carbocycles. The molecule has 0 aromatic heterocycles. The first-order valence-corrected chi connectivity index (χ1v) is 11.1. The van der Waals surface area contributed by atoms with E-state index < -0.39 is 19.3 Å². The summed E-state index contributed by atoms with van der Waals surface area (Å²) in [5.41, 5.74) is 0.372. The molecule has 2 saturated carbocycles. The van der Waals surface area contributed by atoms with E-state index in [2.05, 4.69) is 0 Å². The lowest BCUT2D eigenvalue weighted by Gasteiger charge is -2.33. The molecule has 4 nitrogen and oxygen atoms in total. The highest BCUT2D eigenvalue weighted by molar-refractivity contribution is 7.54. The van der Waals surface area contributed by atoms with Gasteiger partial charge in [0.25, 0.3) is 0 Å². The fourth-order valence-electron chi connectivity index (χ4n) is 3.71. The first-order chi connectivity index (χ1) is 12.1. The molecular weight excluding hydrogens is 342 g/mol. The van der Waals surface area contributed by atoms with Crippen LogP contribution in [0.3, 0.4) is 0 Å². The third kappa shape index (κ3) is 5.13. The van der Waals surface area contributed by atoms with Crippen LogP contribution in [0.2, 0.25) is 0 Å². The summed E-state index contributed by atoms with van der Waals surface area (Å²) in [6.45, 7) is 0. The average molecular weight is 370 g/mol. The van der Waals surface area contributed by atoms with Crippen molar-refractivity contribution in [3.63, 3.8) is 0 Å². The van der Waals surface area contributed by atoms with Gasteiger partial charge in [0.2, 0.25) is 0 Å². The normalized spacial score (nSPS) is 22.0. The lowest BCUT2D eigenvalue weighted by atomic mass is 9.98. The first kappa shape index (κ1) is 19.0. The van der Waals surface area contributed by atoms with Gasteiger partial charge in [0.05, 0.1) is 12.2 Å². The summed E-state index contributed by atoms with van der Waals surface area (Å²) in [6.07, 6.45) is 9.58. The Balaban J connectivity index is 1.78. The molecule has 0 heterocycles. The molecule has 0 bridgehead atoms. The summed E-state index contributed by atoms with van der Waals surface area (Å²) in [6, 6.07) is 5.40. The Morgan fingerprint density at radius 3 is 1.76 bits per heavy atom. The van der Waals surface area contributed by atoms with E-state index in [0.29, 0.717) is 5.56 Å². The van der Waals surface area contributed by atoms with Crippen LogP contribution in [0, 0.1) is 5.82 Å². The molecule has 0 aliphatic heterocycles. The molecule has 6 heteroatoms. The molecule has 3 rings (SSSR count). The van der Waals surface area contributed by atoms with Crippen molar-refractivity contribution < 1.29 is 23.1 Å². The number of rotatable bonds is 6. The smallest absolute Gasteiger partial charge is 0.363 e. The Bertz CT molecular complexity index is 556.